The summed E-state index contributed by atoms with van der Waals surface area (Å²) in [6.45, 7) is 2.73. The Morgan fingerprint density at radius 1 is 1.75 bits per heavy atom. The van der Waals surface area contributed by atoms with E-state index in [0.717, 1.165) is 12.4 Å². The molecule has 1 aliphatic rings. The molecule has 0 bridgehead atoms. The molecule has 12 heavy (non-hydrogen) atoms. The van der Waals surface area contributed by atoms with E-state index in [1.54, 1.807) is 6.33 Å². The highest BCUT2D eigenvalue weighted by atomic mass is 15.3. The smallest absolute Gasteiger partial charge is 0.153 e. The third-order valence-corrected chi connectivity index (χ3v) is 1.97. The molecule has 1 aromatic heterocycles. The predicted molar refractivity (Wildman–Crippen MR) is 45.6 cm³/mol. The maximum Gasteiger partial charge on any atom is 0.153 e. The van der Waals surface area contributed by atoms with Gasteiger partial charge in [-0.1, -0.05) is 0 Å². The topological polar surface area (TPSA) is 56.7 Å². The van der Waals surface area contributed by atoms with Crippen molar-refractivity contribution in [3.8, 4) is 0 Å². The van der Waals surface area contributed by atoms with E-state index >= 15 is 0 Å². The van der Waals surface area contributed by atoms with Gasteiger partial charge in [0.05, 0.1) is 6.54 Å². The second-order valence-electron chi connectivity index (χ2n) is 3.58. The molecule has 0 spiro atoms. The summed E-state index contributed by atoms with van der Waals surface area (Å²) in [6, 6.07) is 0.152. The zero-order valence-corrected chi connectivity index (χ0v) is 7.27. The fraction of sp³-hybridized carbons (Fsp3) is 0.750. The van der Waals surface area contributed by atoms with Crippen LogP contribution in [0, 0.1) is 0 Å². The van der Waals surface area contributed by atoms with Gasteiger partial charge in [0.1, 0.15) is 6.33 Å². The van der Waals surface area contributed by atoms with E-state index in [4.69, 9.17) is 5.73 Å². The lowest BCUT2D eigenvalue weighted by Crippen LogP contribution is -2.22. The van der Waals surface area contributed by atoms with Crippen LogP contribution in [0.25, 0.3) is 0 Å². The highest BCUT2D eigenvalue weighted by Crippen LogP contribution is 2.37. The van der Waals surface area contributed by atoms with Crippen LogP contribution in [0.4, 0.5) is 0 Å². The van der Waals surface area contributed by atoms with Crippen molar-refractivity contribution in [2.75, 3.05) is 0 Å². The van der Waals surface area contributed by atoms with Gasteiger partial charge in [-0.2, -0.15) is 5.10 Å². The number of rotatable bonds is 3. The summed E-state index contributed by atoms with van der Waals surface area (Å²) in [6.07, 6.45) is 4.28. The lowest BCUT2D eigenvalue weighted by Gasteiger charge is -2.02. The molecule has 0 aliphatic heterocycles. The van der Waals surface area contributed by atoms with Crippen molar-refractivity contribution < 1.29 is 0 Å². The van der Waals surface area contributed by atoms with Crippen molar-refractivity contribution in [1.29, 1.82) is 0 Å². The number of hydrogen-bond acceptors (Lipinski definition) is 3. The maximum atomic E-state index is 5.64. The summed E-state index contributed by atoms with van der Waals surface area (Å²) in [4.78, 5) is 4.23. The van der Waals surface area contributed by atoms with E-state index in [2.05, 4.69) is 10.1 Å². The molecular formula is C8H14N4. The molecule has 1 fully saturated rings. The number of nitrogens with two attached hydrogens (primary N) is 1. The molecule has 1 aliphatic carbocycles. The molecule has 1 atom stereocenters. The third-order valence-electron chi connectivity index (χ3n) is 1.97. The molecule has 1 aromatic rings. The normalized spacial score (nSPS) is 19.5. The molecule has 4 nitrogen and oxygen atoms in total. The van der Waals surface area contributed by atoms with E-state index in [1.165, 1.54) is 12.8 Å². The molecule has 0 amide bonds. The summed E-state index contributed by atoms with van der Waals surface area (Å²) in [5, 5.41) is 4.34. The molecule has 0 saturated heterocycles. The lowest BCUT2D eigenvalue weighted by molar-refractivity contribution is 0.533. The summed E-state index contributed by atoms with van der Waals surface area (Å²) < 4.78 is 1.83. The van der Waals surface area contributed by atoms with Gasteiger partial charge in [-0.15, -0.1) is 0 Å². The van der Waals surface area contributed by atoms with Crippen LogP contribution in [0.5, 0.6) is 0 Å². The summed E-state index contributed by atoms with van der Waals surface area (Å²) in [7, 11) is 0. The van der Waals surface area contributed by atoms with Crippen molar-refractivity contribution in [3.05, 3.63) is 12.2 Å². The summed E-state index contributed by atoms with van der Waals surface area (Å²) >= 11 is 0. The minimum Gasteiger partial charge on any atom is -0.326 e. The first-order chi connectivity index (χ1) is 5.75. The Bertz CT molecular complexity index is 262. The van der Waals surface area contributed by atoms with Crippen LogP contribution >= 0.6 is 0 Å². The highest BCUT2D eigenvalue weighted by molar-refractivity contribution is 5.02. The third kappa shape index (κ3) is 1.64. The van der Waals surface area contributed by atoms with Crippen LogP contribution in [0.2, 0.25) is 0 Å². The first-order valence-corrected chi connectivity index (χ1v) is 4.40. The zero-order chi connectivity index (χ0) is 8.55. The van der Waals surface area contributed by atoms with Crippen LogP contribution < -0.4 is 5.73 Å². The van der Waals surface area contributed by atoms with Crippen LogP contribution in [0.1, 0.15) is 31.5 Å². The lowest BCUT2D eigenvalue weighted by atomic mass is 10.4. The Hall–Kier alpha value is -0.900. The number of hydrogen-bond donors (Lipinski definition) is 1. The minimum atomic E-state index is 0.152. The van der Waals surface area contributed by atoms with Gasteiger partial charge in [0.2, 0.25) is 0 Å². The van der Waals surface area contributed by atoms with Gasteiger partial charge < -0.3 is 5.73 Å². The van der Waals surface area contributed by atoms with Crippen LogP contribution in [-0.4, -0.2) is 20.8 Å². The van der Waals surface area contributed by atoms with Gasteiger partial charge in [0, 0.05) is 12.0 Å². The van der Waals surface area contributed by atoms with Crippen molar-refractivity contribution in [3.63, 3.8) is 0 Å². The van der Waals surface area contributed by atoms with E-state index in [0.29, 0.717) is 5.92 Å². The average Bonchev–Trinajstić information content (AvgIpc) is 2.73. The quantitative estimate of drug-likeness (QED) is 0.711. The molecule has 0 aromatic carbocycles. The highest BCUT2D eigenvalue weighted by Gasteiger charge is 2.27. The Morgan fingerprint density at radius 2 is 2.50 bits per heavy atom. The molecule has 0 radical (unpaired) electrons. The van der Waals surface area contributed by atoms with E-state index < -0.39 is 0 Å². The van der Waals surface area contributed by atoms with Crippen molar-refractivity contribution >= 4 is 0 Å². The Balaban J connectivity index is 2.03. The van der Waals surface area contributed by atoms with Crippen molar-refractivity contribution in [2.45, 2.75) is 38.3 Å². The van der Waals surface area contributed by atoms with Gasteiger partial charge in [-0.3, -0.25) is 4.68 Å². The van der Waals surface area contributed by atoms with Crippen LogP contribution in [-0.2, 0) is 6.54 Å². The fourth-order valence-electron chi connectivity index (χ4n) is 1.22. The van der Waals surface area contributed by atoms with E-state index in [-0.39, 0.29) is 6.04 Å². The summed E-state index contributed by atoms with van der Waals surface area (Å²) in [5.41, 5.74) is 5.64. The average molecular weight is 166 g/mol. The van der Waals surface area contributed by atoms with Gasteiger partial charge in [0.15, 0.2) is 5.82 Å². The second-order valence-corrected chi connectivity index (χ2v) is 3.58. The Labute approximate surface area is 71.8 Å². The number of nitrogens with zero attached hydrogens (tertiary/aromatic N) is 3. The first-order valence-electron chi connectivity index (χ1n) is 4.40. The second kappa shape index (κ2) is 2.86. The van der Waals surface area contributed by atoms with Gasteiger partial charge in [-0.25, -0.2) is 4.98 Å². The largest absolute Gasteiger partial charge is 0.326 e. The maximum absolute atomic E-state index is 5.64. The molecular weight excluding hydrogens is 152 g/mol. The van der Waals surface area contributed by atoms with Gasteiger partial charge >= 0.3 is 0 Å². The SMILES string of the molecule is C[C@@H](N)Cn1cnc(C2CC2)n1. The molecule has 1 heterocycles. The van der Waals surface area contributed by atoms with Crippen LogP contribution in [0.3, 0.4) is 0 Å². The van der Waals surface area contributed by atoms with Gasteiger partial charge in [0.25, 0.3) is 0 Å². The van der Waals surface area contributed by atoms with Gasteiger partial charge in [-0.05, 0) is 19.8 Å². The fourth-order valence-corrected chi connectivity index (χ4v) is 1.22. The number of aromatic nitrogens is 3. The Morgan fingerprint density at radius 3 is 3.08 bits per heavy atom. The van der Waals surface area contributed by atoms with E-state index in [9.17, 15) is 0 Å². The Kier molecular flexibility index (Phi) is 1.84. The standard InChI is InChI=1S/C8H14N4/c1-6(9)4-12-5-10-8(11-12)7-2-3-7/h5-7H,2-4,9H2,1H3/t6-/m1/s1. The molecule has 0 unspecified atom stereocenters. The van der Waals surface area contributed by atoms with Crippen molar-refractivity contribution in [2.24, 2.45) is 5.73 Å². The predicted octanol–water partition coefficient (Wildman–Crippen LogP) is 0.503. The molecule has 4 heteroatoms. The first kappa shape index (κ1) is 7.73. The molecule has 2 N–H and O–H groups in total. The summed E-state index contributed by atoms with van der Waals surface area (Å²) in [5.74, 6) is 1.63. The molecule has 66 valence electrons. The molecule has 2 rings (SSSR count). The monoisotopic (exact) mass is 166 g/mol. The van der Waals surface area contributed by atoms with E-state index in [1.807, 2.05) is 11.6 Å². The molecule has 1 saturated carbocycles. The zero-order valence-electron chi connectivity index (χ0n) is 7.27. The minimum absolute atomic E-state index is 0.152. The van der Waals surface area contributed by atoms with Crippen LogP contribution in [0.15, 0.2) is 6.33 Å². The van der Waals surface area contributed by atoms with Crippen molar-refractivity contribution in [1.82, 2.24) is 14.8 Å².